The van der Waals surface area contributed by atoms with Crippen LogP contribution in [0.3, 0.4) is 0 Å². The van der Waals surface area contributed by atoms with Crippen molar-refractivity contribution in [2.45, 2.75) is 37.5 Å². The molecule has 0 aromatic rings. The molecule has 0 radical (unpaired) electrons. The summed E-state index contributed by atoms with van der Waals surface area (Å²) in [7, 11) is -4.23. The molecule has 1 aliphatic rings. The molecule has 0 bridgehead atoms. The number of rotatable bonds is 3. The van der Waals surface area contributed by atoms with E-state index < -0.39 is 15.6 Å². The average molecular weight is 194 g/mol. The lowest BCUT2D eigenvalue weighted by atomic mass is 10.1. The second-order valence-electron chi connectivity index (χ2n) is 3.36. The summed E-state index contributed by atoms with van der Waals surface area (Å²) in [5.41, 5.74) is -1.58. The van der Waals surface area contributed by atoms with Crippen molar-refractivity contribution in [1.82, 2.24) is 0 Å². The molecule has 0 aliphatic heterocycles. The molecule has 4 nitrogen and oxygen atoms in total. The molecule has 12 heavy (non-hydrogen) atoms. The van der Waals surface area contributed by atoms with Gasteiger partial charge in [-0.1, -0.05) is 25.7 Å². The molecular weight excluding hydrogens is 180 g/mol. The molecule has 1 saturated carbocycles. The minimum atomic E-state index is -4.23. The highest BCUT2D eigenvalue weighted by atomic mass is 32.2. The monoisotopic (exact) mass is 194 g/mol. The van der Waals surface area contributed by atoms with Crippen molar-refractivity contribution in [3.05, 3.63) is 0 Å². The van der Waals surface area contributed by atoms with Gasteiger partial charge in [0.05, 0.1) is 0 Å². The predicted octanol–water partition coefficient (Wildman–Crippen LogP) is 0.773. The third kappa shape index (κ3) is 2.73. The molecule has 1 fully saturated rings. The summed E-state index contributed by atoms with van der Waals surface area (Å²) in [4.78, 5) is 0. The minimum Gasteiger partial charge on any atom is -0.375 e. The van der Waals surface area contributed by atoms with E-state index in [1.54, 1.807) is 0 Å². The second kappa shape index (κ2) is 3.72. The zero-order valence-electron chi connectivity index (χ0n) is 6.81. The van der Waals surface area contributed by atoms with Crippen LogP contribution in [0.15, 0.2) is 0 Å². The van der Waals surface area contributed by atoms with E-state index in [0.29, 0.717) is 0 Å². The Morgan fingerprint density at radius 3 is 2.25 bits per heavy atom. The summed E-state index contributed by atoms with van der Waals surface area (Å²) in [6, 6.07) is 0. The number of aliphatic hydroxyl groups is 1. The molecule has 0 saturated heterocycles. The van der Waals surface area contributed by atoms with Crippen LogP contribution in [0.4, 0.5) is 0 Å². The van der Waals surface area contributed by atoms with Crippen molar-refractivity contribution in [2.24, 2.45) is 5.92 Å². The highest BCUT2D eigenvalue weighted by molar-refractivity contribution is 7.86. The summed E-state index contributed by atoms with van der Waals surface area (Å²) in [5, 5.41) is 9.01. The maximum atomic E-state index is 10.4. The Hall–Kier alpha value is -0.130. The minimum absolute atomic E-state index is 0.179. The van der Waals surface area contributed by atoms with E-state index in [0.717, 1.165) is 25.7 Å². The van der Waals surface area contributed by atoms with Gasteiger partial charge in [-0.2, -0.15) is 8.42 Å². The van der Waals surface area contributed by atoms with Gasteiger partial charge in [-0.15, -0.1) is 0 Å². The van der Waals surface area contributed by atoms with Crippen LogP contribution in [0, 0.1) is 5.92 Å². The molecule has 72 valence electrons. The summed E-state index contributed by atoms with van der Waals surface area (Å²) in [6.45, 7) is 0. The highest BCUT2D eigenvalue weighted by Gasteiger charge is 2.25. The quantitative estimate of drug-likeness (QED) is 0.651. The largest absolute Gasteiger partial charge is 0.375 e. The Morgan fingerprint density at radius 1 is 1.33 bits per heavy atom. The van der Waals surface area contributed by atoms with Gasteiger partial charge in [0.25, 0.3) is 10.1 Å². The van der Waals surface area contributed by atoms with E-state index in [1.165, 1.54) is 0 Å². The first-order chi connectivity index (χ1) is 5.50. The maximum Gasteiger partial charge on any atom is 0.291 e. The molecule has 1 aliphatic carbocycles. The summed E-state index contributed by atoms with van der Waals surface area (Å²) >= 11 is 0. The maximum absolute atomic E-state index is 10.4. The van der Waals surface area contributed by atoms with Crippen LogP contribution in [0.25, 0.3) is 0 Å². The van der Waals surface area contributed by atoms with Gasteiger partial charge in [0.2, 0.25) is 0 Å². The highest BCUT2D eigenvalue weighted by Crippen LogP contribution is 2.29. The topological polar surface area (TPSA) is 74.6 Å². The standard InChI is InChI=1S/C7H14O4S/c8-7(12(9,10)11)5-6-3-1-2-4-6/h6-8H,1-5H2,(H,9,10,11)/t7-/m1/s1. The summed E-state index contributed by atoms with van der Waals surface area (Å²) in [6.07, 6.45) is 4.31. The molecule has 0 aromatic carbocycles. The van der Waals surface area contributed by atoms with Crippen LogP contribution in [0.2, 0.25) is 0 Å². The van der Waals surface area contributed by atoms with Gasteiger partial charge < -0.3 is 5.11 Å². The van der Waals surface area contributed by atoms with E-state index in [-0.39, 0.29) is 12.3 Å². The second-order valence-corrected chi connectivity index (χ2v) is 4.93. The zero-order chi connectivity index (χ0) is 9.19. The molecule has 1 rings (SSSR count). The summed E-state index contributed by atoms with van der Waals surface area (Å²) in [5.74, 6) is 0.266. The Kier molecular flexibility index (Phi) is 3.09. The van der Waals surface area contributed by atoms with Crippen molar-refractivity contribution < 1.29 is 18.1 Å². The zero-order valence-corrected chi connectivity index (χ0v) is 7.63. The van der Waals surface area contributed by atoms with Gasteiger partial charge in [0.1, 0.15) is 0 Å². The van der Waals surface area contributed by atoms with Gasteiger partial charge in [0, 0.05) is 0 Å². The van der Waals surface area contributed by atoms with Gasteiger partial charge in [-0.25, -0.2) is 0 Å². The number of hydrogen-bond acceptors (Lipinski definition) is 3. The molecule has 0 aromatic heterocycles. The molecule has 1 atom stereocenters. The van der Waals surface area contributed by atoms with Gasteiger partial charge >= 0.3 is 0 Å². The van der Waals surface area contributed by atoms with Crippen molar-refractivity contribution in [2.75, 3.05) is 0 Å². The fourth-order valence-electron chi connectivity index (χ4n) is 1.65. The van der Waals surface area contributed by atoms with Gasteiger partial charge in [-0.3, -0.25) is 4.55 Å². The Balaban J connectivity index is 2.40. The van der Waals surface area contributed by atoms with E-state index in [9.17, 15) is 8.42 Å². The van der Waals surface area contributed by atoms with E-state index in [1.807, 2.05) is 0 Å². The molecular formula is C7H14O4S. The van der Waals surface area contributed by atoms with Crippen molar-refractivity contribution in [1.29, 1.82) is 0 Å². The Labute approximate surface area is 72.3 Å². The normalized spacial score (nSPS) is 22.8. The van der Waals surface area contributed by atoms with Gasteiger partial charge in [0.15, 0.2) is 5.44 Å². The van der Waals surface area contributed by atoms with Crippen LogP contribution in [0.5, 0.6) is 0 Å². The number of hydrogen-bond donors (Lipinski definition) is 2. The Morgan fingerprint density at radius 2 is 1.83 bits per heavy atom. The predicted molar refractivity (Wildman–Crippen MR) is 44.1 cm³/mol. The first-order valence-electron chi connectivity index (χ1n) is 4.14. The van der Waals surface area contributed by atoms with Crippen molar-refractivity contribution in [3.8, 4) is 0 Å². The lowest BCUT2D eigenvalue weighted by molar-refractivity contribution is 0.200. The first-order valence-corrected chi connectivity index (χ1v) is 5.65. The van der Waals surface area contributed by atoms with Crippen molar-refractivity contribution >= 4 is 10.1 Å². The SMILES string of the molecule is O=S(=O)(O)[C@@H](O)CC1CCCC1. The van der Waals surface area contributed by atoms with Crippen molar-refractivity contribution in [3.63, 3.8) is 0 Å². The first kappa shape index (κ1) is 9.95. The number of aliphatic hydroxyl groups excluding tert-OH is 1. The van der Waals surface area contributed by atoms with E-state index in [2.05, 4.69) is 0 Å². The molecule has 0 unspecified atom stereocenters. The van der Waals surface area contributed by atoms with Crippen LogP contribution >= 0.6 is 0 Å². The van der Waals surface area contributed by atoms with Crippen LogP contribution in [-0.2, 0) is 10.1 Å². The molecule has 2 N–H and O–H groups in total. The fourth-order valence-corrected chi connectivity index (χ4v) is 2.17. The third-order valence-corrected chi connectivity index (χ3v) is 3.23. The van der Waals surface area contributed by atoms with Crippen LogP contribution in [-0.4, -0.2) is 23.5 Å². The van der Waals surface area contributed by atoms with E-state index in [4.69, 9.17) is 9.66 Å². The third-order valence-electron chi connectivity index (χ3n) is 2.35. The molecule has 0 spiro atoms. The molecule has 5 heteroatoms. The molecule has 0 amide bonds. The Bertz CT molecular complexity index is 228. The van der Waals surface area contributed by atoms with Crippen LogP contribution < -0.4 is 0 Å². The lowest BCUT2D eigenvalue weighted by Gasteiger charge is -2.11. The summed E-state index contributed by atoms with van der Waals surface area (Å²) < 4.78 is 29.3. The van der Waals surface area contributed by atoms with Gasteiger partial charge in [-0.05, 0) is 12.3 Å². The van der Waals surface area contributed by atoms with E-state index >= 15 is 0 Å². The van der Waals surface area contributed by atoms with Crippen LogP contribution in [0.1, 0.15) is 32.1 Å². The smallest absolute Gasteiger partial charge is 0.291 e. The lowest BCUT2D eigenvalue weighted by Crippen LogP contribution is -2.22. The molecule has 0 heterocycles. The average Bonchev–Trinajstić information content (AvgIpc) is 2.37. The fraction of sp³-hybridized carbons (Fsp3) is 1.00.